The number of benzene rings is 2. The van der Waals surface area contributed by atoms with Crippen LogP contribution >= 0.6 is 39.1 Å². The third kappa shape index (κ3) is 4.80. The van der Waals surface area contributed by atoms with Gasteiger partial charge in [0.1, 0.15) is 5.75 Å². The maximum Gasteiger partial charge on any atom is 0.124 e. The van der Waals surface area contributed by atoms with Crippen LogP contribution in [0.15, 0.2) is 40.9 Å². The molecule has 0 heterocycles. The molecule has 2 nitrogen and oxygen atoms in total. The van der Waals surface area contributed by atoms with E-state index in [0.717, 1.165) is 27.9 Å². The molecular formula is C16H16BrCl2NO. The zero-order chi connectivity index (χ0) is 15.2. The lowest BCUT2D eigenvalue weighted by atomic mass is 10.2. The van der Waals surface area contributed by atoms with Gasteiger partial charge in [0, 0.05) is 21.6 Å². The van der Waals surface area contributed by atoms with Gasteiger partial charge < -0.3 is 10.1 Å². The Bertz CT molecular complexity index is 619. The topological polar surface area (TPSA) is 21.3 Å². The van der Waals surface area contributed by atoms with E-state index in [1.54, 1.807) is 6.07 Å². The van der Waals surface area contributed by atoms with Crippen molar-refractivity contribution < 1.29 is 4.74 Å². The molecule has 112 valence electrons. The zero-order valence-corrected chi connectivity index (χ0v) is 14.7. The lowest BCUT2D eigenvalue weighted by Crippen LogP contribution is -2.04. The van der Waals surface area contributed by atoms with E-state index < -0.39 is 0 Å². The Morgan fingerprint density at radius 1 is 1.14 bits per heavy atom. The third-order valence-corrected chi connectivity index (χ3v) is 3.93. The SMILES string of the molecule is CCCOc1ccc(Br)cc1CNc1ccc(Cl)cc1Cl. The van der Waals surface area contributed by atoms with E-state index in [1.165, 1.54) is 0 Å². The number of nitrogens with one attached hydrogen (secondary N) is 1. The second-order valence-corrected chi connectivity index (χ2v) is 6.34. The van der Waals surface area contributed by atoms with E-state index >= 15 is 0 Å². The van der Waals surface area contributed by atoms with Gasteiger partial charge in [-0.25, -0.2) is 0 Å². The minimum Gasteiger partial charge on any atom is -0.493 e. The van der Waals surface area contributed by atoms with Crippen molar-refractivity contribution in [3.05, 3.63) is 56.5 Å². The molecule has 0 atom stereocenters. The number of rotatable bonds is 6. The van der Waals surface area contributed by atoms with Crippen molar-refractivity contribution in [2.45, 2.75) is 19.9 Å². The van der Waals surface area contributed by atoms with Crippen LogP contribution in [-0.4, -0.2) is 6.61 Å². The highest BCUT2D eigenvalue weighted by Crippen LogP contribution is 2.28. The molecule has 0 saturated carbocycles. The molecule has 0 aromatic heterocycles. The van der Waals surface area contributed by atoms with Gasteiger partial charge in [-0.15, -0.1) is 0 Å². The second kappa shape index (κ2) is 7.92. The van der Waals surface area contributed by atoms with Crippen molar-refractivity contribution >= 4 is 44.8 Å². The summed E-state index contributed by atoms with van der Waals surface area (Å²) in [6.45, 7) is 3.42. The summed E-state index contributed by atoms with van der Waals surface area (Å²) in [5.74, 6) is 0.887. The molecule has 0 unspecified atom stereocenters. The van der Waals surface area contributed by atoms with E-state index in [1.807, 2.05) is 30.3 Å². The molecule has 0 aliphatic rings. The minimum atomic E-state index is 0.605. The summed E-state index contributed by atoms with van der Waals surface area (Å²) in [5.41, 5.74) is 1.92. The third-order valence-electron chi connectivity index (χ3n) is 2.88. The van der Waals surface area contributed by atoms with Crippen molar-refractivity contribution in [1.29, 1.82) is 0 Å². The van der Waals surface area contributed by atoms with Gasteiger partial charge in [-0.1, -0.05) is 46.1 Å². The summed E-state index contributed by atoms with van der Waals surface area (Å²) >= 11 is 15.5. The highest BCUT2D eigenvalue weighted by molar-refractivity contribution is 9.10. The molecule has 1 N–H and O–H groups in total. The maximum atomic E-state index is 6.16. The lowest BCUT2D eigenvalue weighted by molar-refractivity contribution is 0.314. The molecule has 0 spiro atoms. The minimum absolute atomic E-state index is 0.605. The van der Waals surface area contributed by atoms with Gasteiger partial charge in [0.15, 0.2) is 0 Å². The Hall–Kier alpha value is -0.900. The van der Waals surface area contributed by atoms with Crippen molar-refractivity contribution in [1.82, 2.24) is 0 Å². The highest BCUT2D eigenvalue weighted by atomic mass is 79.9. The Balaban J connectivity index is 2.12. The van der Waals surface area contributed by atoms with Crippen LogP contribution in [0, 0.1) is 0 Å². The number of anilines is 1. The number of ether oxygens (including phenoxy) is 1. The molecule has 2 aromatic carbocycles. The summed E-state index contributed by atoms with van der Waals surface area (Å²) in [6.07, 6.45) is 0.978. The average Bonchev–Trinajstić information content (AvgIpc) is 2.45. The van der Waals surface area contributed by atoms with Crippen LogP contribution in [0.2, 0.25) is 10.0 Å². The molecule has 0 amide bonds. The molecule has 2 rings (SSSR count). The van der Waals surface area contributed by atoms with Crippen LogP contribution in [0.1, 0.15) is 18.9 Å². The van der Waals surface area contributed by atoms with E-state index in [2.05, 4.69) is 28.2 Å². The number of halogens is 3. The van der Waals surface area contributed by atoms with Gasteiger partial charge >= 0.3 is 0 Å². The van der Waals surface area contributed by atoms with Crippen LogP contribution in [0.4, 0.5) is 5.69 Å². The molecule has 2 aromatic rings. The molecule has 0 bridgehead atoms. The molecule has 0 aliphatic heterocycles. The Morgan fingerprint density at radius 2 is 1.95 bits per heavy atom. The monoisotopic (exact) mass is 387 g/mol. The summed E-state index contributed by atoms with van der Waals surface area (Å²) < 4.78 is 6.78. The molecule has 5 heteroatoms. The predicted octanol–water partition coefficient (Wildman–Crippen LogP) is 6.16. The standard InChI is InChI=1S/C16H16BrCl2NO/c1-2-7-21-16-6-3-12(17)8-11(16)10-20-15-5-4-13(18)9-14(15)19/h3-6,8-9,20H,2,7,10H2,1H3. The zero-order valence-electron chi connectivity index (χ0n) is 11.6. The highest BCUT2D eigenvalue weighted by Gasteiger charge is 2.06. The summed E-state index contributed by atoms with van der Waals surface area (Å²) in [7, 11) is 0. The van der Waals surface area contributed by atoms with Gasteiger partial charge in [0.05, 0.1) is 17.3 Å². The molecular weight excluding hydrogens is 373 g/mol. The first-order valence-corrected chi connectivity index (χ1v) is 8.25. The van der Waals surface area contributed by atoms with E-state index in [9.17, 15) is 0 Å². The number of hydrogen-bond acceptors (Lipinski definition) is 2. The molecule has 0 saturated heterocycles. The fraction of sp³-hybridized carbons (Fsp3) is 0.250. The van der Waals surface area contributed by atoms with E-state index in [4.69, 9.17) is 27.9 Å². The molecule has 0 radical (unpaired) electrons. The fourth-order valence-corrected chi connectivity index (χ4v) is 2.75. The Kier molecular flexibility index (Phi) is 6.22. The maximum absolute atomic E-state index is 6.16. The Morgan fingerprint density at radius 3 is 2.67 bits per heavy atom. The molecule has 0 aliphatic carbocycles. The van der Waals surface area contributed by atoms with Gasteiger partial charge in [0.25, 0.3) is 0 Å². The van der Waals surface area contributed by atoms with Crippen LogP contribution in [0.5, 0.6) is 5.75 Å². The smallest absolute Gasteiger partial charge is 0.124 e. The Labute approximate surface area is 143 Å². The number of hydrogen-bond donors (Lipinski definition) is 1. The van der Waals surface area contributed by atoms with Gasteiger partial charge in [-0.05, 0) is 42.8 Å². The van der Waals surface area contributed by atoms with E-state index in [0.29, 0.717) is 23.2 Å². The van der Waals surface area contributed by atoms with Crippen LogP contribution < -0.4 is 10.1 Å². The van der Waals surface area contributed by atoms with Crippen LogP contribution in [-0.2, 0) is 6.54 Å². The largest absolute Gasteiger partial charge is 0.493 e. The average molecular weight is 389 g/mol. The summed E-state index contributed by atoms with van der Waals surface area (Å²) in [4.78, 5) is 0. The van der Waals surface area contributed by atoms with Gasteiger partial charge in [-0.3, -0.25) is 0 Å². The fourth-order valence-electron chi connectivity index (χ4n) is 1.86. The first kappa shape index (κ1) is 16.5. The quantitative estimate of drug-likeness (QED) is 0.639. The van der Waals surface area contributed by atoms with Crippen molar-refractivity contribution in [2.75, 3.05) is 11.9 Å². The first-order chi connectivity index (χ1) is 10.1. The van der Waals surface area contributed by atoms with Gasteiger partial charge in [-0.2, -0.15) is 0 Å². The second-order valence-electron chi connectivity index (χ2n) is 4.58. The normalized spacial score (nSPS) is 10.5. The van der Waals surface area contributed by atoms with Gasteiger partial charge in [0.2, 0.25) is 0 Å². The van der Waals surface area contributed by atoms with Crippen LogP contribution in [0.25, 0.3) is 0 Å². The predicted molar refractivity (Wildman–Crippen MR) is 93.7 cm³/mol. The summed E-state index contributed by atoms with van der Waals surface area (Å²) in [5, 5.41) is 4.54. The van der Waals surface area contributed by atoms with Crippen molar-refractivity contribution in [3.8, 4) is 5.75 Å². The van der Waals surface area contributed by atoms with Crippen LogP contribution in [0.3, 0.4) is 0 Å². The molecule has 21 heavy (non-hydrogen) atoms. The summed E-state index contributed by atoms with van der Waals surface area (Å²) in [6, 6.07) is 11.4. The first-order valence-electron chi connectivity index (χ1n) is 6.70. The molecule has 0 fully saturated rings. The van der Waals surface area contributed by atoms with Crippen molar-refractivity contribution in [2.24, 2.45) is 0 Å². The van der Waals surface area contributed by atoms with Crippen molar-refractivity contribution in [3.63, 3.8) is 0 Å². The lowest BCUT2D eigenvalue weighted by Gasteiger charge is -2.14. The van der Waals surface area contributed by atoms with E-state index in [-0.39, 0.29) is 0 Å².